The molecule has 4 rings (SSSR count). The Kier molecular flexibility index (Phi) is 5.61. The van der Waals surface area contributed by atoms with E-state index in [1.54, 1.807) is 17.9 Å². The lowest BCUT2D eigenvalue weighted by molar-refractivity contribution is -0.120. The molecule has 0 atom stereocenters. The van der Waals surface area contributed by atoms with Crippen LogP contribution >= 0.6 is 11.5 Å². The Morgan fingerprint density at radius 1 is 1.30 bits per heavy atom. The topological polar surface area (TPSA) is 115 Å². The van der Waals surface area contributed by atoms with Crippen molar-refractivity contribution in [1.29, 1.82) is 0 Å². The summed E-state index contributed by atoms with van der Waals surface area (Å²) in [5.41, 5.74) is 3.52. The molecule has 0 aromatic carbocycles. The van der Waals surface area contributed by atoms with Gasteiger partial charge < -0.3 is 20.5 Å². The van der Waals surface area contributed by atoms with Crippen molar-refractivity contribution in [1.82, 2.24) is 34.0 Å². The van der Waals surface area contributed by atoms with Crippen LogP contribution in [0.1, 0.15) is 18.5 Å². The highest BCUT2D eigenvalue weighted by Gasteiger charge is 2.15. The van der Waals surface area contributed by atoms with E-state index in [0.717, 1.165) is 27.4 Å². The maximum absolute atomic E-state index is 11.5. The molecule has 3 N–H and O–H groups in total. The number of hydrogen-bond donors (Lipinski definition) is 3. The van der Waals surface area contributed by atoms with Crippen LogP contribution < -0.4 is 16.0 Å². The fourth-order valence-electron chi connectivity index (χ4n) is 3.09. The molecule has 0 saturated carbocycles. The second kappa shape index (κ2) is 8.49. The van der Waals surface area contributed by atoms with Gasteiger partial charge in [0.1, 0.15) is 10.5 Å². The fraction of sp³-hybridized carbons (Fsp3) is 0.316. The van der Waals surface area contributed by atoms with Crippen LogP contribution in [0.5, 0.6) is 0 Å². The Morgan fingerprint density at radius 3 is 2.87 bits per heavy atom. The average molecular weight is 426 g/mol. The lowest BCUT2D eigenvalue weighted by atomic mass is 10.3. The van der Waals surface area contributed by atoms with E-state index in [2.05, 4.69) is 30.4 Å². The highest BCUT2D eigenvalue weighted by atomic mass is 32.1. The van der Waals surface area contributed by atoms with Crippen LogP contribution in [-0.4, -0.2) is 48.2 Å². The lowest BCUT2D eigenvalue weighted by Gasteiger charge is -2.12. The van der Waals surface area contributed by atoms with Crippen LogP contribution in [-0.2, 0) is 11.8 Å². The molecule has 0 bridgehead atoms. The van der Waals surface area contributed by atoms with Crippen molar-refractivity contribution >= 4 is 45.2 Å². The summed E-state index contributed by atoms with van der Waals surface area (Å²) in [6.45, 7) is 2.55. The van der Waals surface area contributed by atoms with Crippen LogP contribution in [0.3, 0.4) is 0 Å². The molecule has 30 heavy (non-hydrogen) atoms. The number of nitrogens with one attached hydrogen (secondary N) is 3. The van der Waals surface area contributed by atoms with Gasteiger partial charge in [-0.2, -0.15) is 14.5 Å². The van der Waals surface area contributed by atoms with Crippen LogP contribution in [0, 0.1) is 6.92 Å². The van der Waals surface area contributed by atoms with E-state index in [0.29, 0.717) is 31.2 Å². The van der Waals surface area contributed by atoms with Gasteiger partial charge in [-0.05, 0) is 37.0 Å². The van der Waals surface area contributed by atoms with Gasteiger partial charge in [0.05, 0.1) is 23.1 Å². The van der Waals surface area contributed by atoms with Gasteiger partial charge in [0.25, 0.3) is 0 Å². The standard InChI is InChI=1S/C19H23N9OS/c1-12-9-16(30-26-12)24-19-23-14-6-8-28(13-10-22-27(3)11-13)17(14)18(25-19)21-7-4-5-15(29)20-2/h6,8-11H,4-5,7H2,1-3H3,(H,20,29)(H2,21,23,24,25). The van der Waals surface area contributed by atoms with Gasteiger partial charge in [-0.15, -0.1) is 0 Å². The minimum Gasteiger partial charge on any atom is -0.368 e. The van der Waals surface area contributed by atoms with Gasteiger partial charge in [-0.1, -0.05) is 0 Å². The van der Waals surface area contributed by atoms with Gasteiger partial charge in [0, 0.05) is 39.5 Å². The molecular weight excluding hydrogens is 402 g/mol. The van der Waals surface area contributed by atoms with Crippen molar-refractivity contribution in [2.75, 3.05) is 24.2 Å². The van der Waals surface area contributed by atoms with Gasteiger partial charge in [-0.3, -0.25) is 9.48 Å². The summed E-state index contributed by atoms with van der Waals surface area (Å²) in [4.78, 5) is 20.9. The summed E-state index contributed by atoms with van der Waals surface area (Å²) in [5.74, 6) is 1.20. The molecule has 11 heteroatoms. The molecule has 4 aromatic rings. The summed E-state index contributed by atoms with van der Waals surface area (Å²) in [7, 11) is 3.52. The van der Waals surface area contributed by atoms with E-state index in [1.807, 2.05) is 43.1 Å². The first kappa shape index (κ1) is 19.8. The number of carbonyl (C=O) groups excluding carboxylic acids is 1. The number of amides is 1. The Labute approximate surface area is 177 Å². The zero-order valence-corrected chi connectivity index (χ0v) is 17.8. The number of fused-ring (bicyclic) bond motifs is 1. The molecule has 0 spiro atoms. The zero-order valence-electron chi connectivity index (χ0n) is 17.0. The van der Waals surface area contributed by atoms with Crippen LogP contribution in [0.4, 0.5) is 16.8 Å². The maximum Gasteiger partial charge on any atom is 0.230 e. The average Bonchev–Trinajstić information content (AvgIpc) is 3.44. The van der Waals surface area contributed by atoms with Crippen molar-refractivity contribution in [3.8, 4) is 5.69 Å². The summed E-state index contributed by atoms with van der Waals surface area (Å²) in [6, 6.07) is 3.90. The Morgan fingerprint density at radius 2 is 2.17 bits per heavy atom. The van der Waals surface area contributed by atoms with Gasteiger partial charge in [-0.25, -0.2) is 4.98 Å². The number of nitrogens with zero attached hydrogens (tertiary/aromatic N) is 6. The molecule has 0 aliphatic heterocycles. The number of carbonyl (C=O) groups is 1. The first-order chi connectivity index (χ1) is 14.5. The molecule has 10 nitrogen and oxygen atoms in total. The van der Waals surface area contributed by atoms with Crippen molar-refractivity contribution < 1.29 is 4.79 Å². The third-order valence-corrected chi connectivity index (χ3v) is 5.31. The second-order valence-electron chi connectivity index (χ2n) is 6.85. The fourth-order valence-corrected chi connectivity index (χ4v) is 3.74. The number of anilines is 3. The van der Waals surface area contributed by atoms with E-state index >= 15 is 0 Å². The normalized spacial score (nSPS) is 11.0. The van der Waals surface area contributed by atoms with Crippen LogP contribution in [0.25, 0.3) is 16.7 Å². The Bertz CT molecular complexity index is 1180. The SMILES string of the molecule is CNC(=O)CCCNc1nc(Nc2cc(C)ns2)nc2ccn(-c3cnn(C)c3)c12. The minimum absolute atomic E-state index is 0.0197. The molecule has 156 valence electrons. The van der Waals surface area contributed by atoms with Crippen LogP contribution in [0.2, 0.25) is 0 Å². The highest BCUT2D eigenvalue weighted by molar-refractivity contribution is 7.10. The molecule has 0 aliphatic carbocycles. The summed E-state index contributed by atoms with van der Waals surface area (Å²) < 4.78 is 8.04. The highest BCUT2D eigenvalue weighted by Crippen LogP contribution is 2.28. The van der Waals surface area contributed by atoms with E-state index in [-0.39, 0.29) is 5.91 Å². The minimum atomic E-state index is 0.0197. The van der Waals surface area contributed by atoms with E-state index < -0.39 is 0 Å². The molecule has 4 heterocycles. The Balaban J connectivity index is 1.67. The summed E-state index contributed by atoms with van der Waals surface area (Å²) in [5, 5.41) is 14.4. The molecule has 1 amide bonds. The summed E-state index contributed by atoms with van der Waals surface area (Å²) in [6.07, 6.45) is 6.82. The second-order valence-corrected chi connectivity index (χ2v) is 7.65. The third-order valence-electron chi connectivity index (χ3n) is 4.52. The molecule has 4 aromatic heterocycles. The summed E-state index contributed by atoms with van der Waals surface area (Å²) >= 11 is 1.37. The van der Waals surface area contributed by atoms with Gasteiger partial charge in [0.15, 0.2) is 5.82 Å². The third kappa shape index (κ3) is 4.25. The monoisotopic (exact) mass is 425 g/mol. The predicted octanol–water partition coefficient (Wildman–Crippen LogP) is 2.60. The Hall–Kier alpha value is -3.47. The molecule has 0 unspecified atom stereocenters. The molecule has 0 radical (unpaired) electrons. The van der Waals surface area contributed by atoms with E-state index in [4.69, 9.17) is 4.98 Å². The molecule has 0 fully saturated rings. The molecule has 0 saturated heterocycles. The predicted molar refractivity (Wildman–Crippen MR) is 118 cm³/mol. The van der Waals surface area contributed by atoms with Gasteiger partial charge >= 0.3 is 0 Å². The van der Waals surface area contributed by atoms with Crippen molar-refractivity contribution in [3.63, 3.8) is 0 Å². The van der Waals surface area contributed by atoms with Gasteiger partial charge in [0.2, 0.25) is 11.9 Å². The number of hydrogen-bond acceptors (Lipinski definition) is 8. The first-order valence-electron chi connectivity index (χ1n) is 9.56. The lowest BCUT2D eigenvalue weighted by Crippen LogP contribution is -2.18. The van der Waals surface area contributed by atoms with Crippen molar-refractivity contribution in [2.45, 2.75) is 19.8 Å². The van der Waals surface area contributed by atoms with Crippen molar-refractivity contribution in [3.05, 3.63) is 36.4 Å². The number of rotatable bonds is 8. The quantitative estimate of drug-likeness (QED) is 0.372. The van der Waals surface area contributed by atoms with Crippen molar-refractivity contribution in [2.24, 2.45) is 7.05 Å². The van der Waals surface area contributed by atoms with E-state index in [1.165, 1.54) is 11.5 Å². The smallest absolute Gasteiger partial charge is 0.230 e. The molecule has 0 aliphatic rings. The largest absolute Gasteiger partial charge is 0.368 e. The molecular formula is C19H23N9OS. The maximum atomic E-state index is 11.5. The number of aryl methyl sites for hydroxylation is 2. The zero-order chi connectivity index (χ0) is 21.1. The van der Waals surface area contributed by atoms with Crippen LogP contribution in [0.15, 0.2) is 30.7 Å². The van der Waals surface area contributed by atoms with E-state index in [9.17, 15) is 4.79 Å². The first-order valence-corrected chi connectivity index (χ1v) is 10.3. The number of aromatic nitrogens is 6.